The largest absolute Gasteiger partial charge is 0.494 e. The van der Waals surface area contributed by atoms with Gasteiger partial charge in [0, 0.05) is 16.6 Å². The Balaban J connectivity index is 2.20. The van der Waals surface area contributed by atoms with E-state index in [1.54, 1.807) is 0 Å². The van der Waals surface area contributed by atoms with Crippen LogP contribution < -0.4 is 10.6 Å². The van der Waals surface area contributed by atoms with Gasteiger partial charge in [-0.2, -0.15) is 0 Å². The highest BCUT2D eigenvalue weighted by Gasteiger charge is 2.27. The SMILES string of the molecule is CC(C)n1c(O)c(C2=c3ccccc3=NC2=O)c2ccccc21. The van der Waals surface area contributed by atoms with Crippen molar-refractivity contribution in [2.24, 2.45) is 4.99 Å². The highest BCUT2D eigenvalue weighted by Crippen LogP contribution is 2.38. The highest BCUT2D eigenvalue weighted by molar-refractivity contribution is 6.24. The summed E-state index contributed by atoms with van der Waals surface area (Å²) < 4.78 is 1.85. The lowest BCUT2D eigenvalue weighted by Gasteiger charge is -2.11. The molecule has 0 saturated carbocycles. The van der Waals surface area contributed by atoms with Gasteiger partial charge in [0.05, 0.1) is 22.0 Å². The summed E-state index contributed by atoms with van der Waals surface area (Å²) in [6.45, 7) is 4.02. The van der Waals surface area contributed by atoms with Gasteiger partial charge in [0.15, 0.2) is 0 Å². The molecule has 1 N–H and O–H groups in total. The molecule has 0 unspecified atom stereocenters. The van der Waals surface area contributed by atoms with Gasteiger partial charge in [-0.15, -0.1) is 0 Å². The zero-order valence-corrected chi connectivity index (χ0v) is 12.9. The van der Waals surface area contributed by atoms with Crippen molar-refractivity contribution >= 4 is 22.4 Å². The van der Waals surface area contributed by atoms with E-state index in [9.17, 15) is 9.90 Å². The third-order valence-corrected chi connectivity index (χ3v) is 4.26. The predicted molar refractivity (Wildman–Crippen MR) is 88.7 cm³/mol. The Labute approximate surface area is 133 Å². The lowest BCUT2D eigenvalue weighted by Crippen LogP contribution is -2.22. The molecule has 23 heavy (non-hydrogen) atoms. The molecular weight excluding hydrogens is 288 g/mol. The van der Waals surface area contributed by atoms with Gasteiger partial charge in [0.2, 0.25) is 5.88 Å². The van der Waals surface area contributed by atoms with Crippen LogP contribution in [-0.2, 0) is 4.79 Å². The second-order valence-electron chi connectivity index (χ2n) is 5.99. The first-order valence-electron chi connectivity index (χ1n) is 7.64. The average molecular weight is 304 g/mol. The number of benzene rings is 2. The summed E-state index contributed by atoms with van der Waals surface area (Å²) in [6, 6.07) is 15.3. The van der Waals surface area contributed by atoms with Gasteiger partial charge in [-0.1, -0.05) is 36.4 Å². The average Bonchev–Trinajstić information content (AvgIpc) is 3.00. The zero-order chi connectivity index (χ0) is 16.1. The number of hydrogen-bond acceptors (Lipinski definition) is 2. The van der Waals surface area contributed by atoms with Crippen LogP contribution >= 0.6 is 0 Å². The van der Waals surface area contributed by atoms with E-state index in [1.165, 1.54) is 0 Å². The van der Waals surface area contributed by atoms with Gasteiger partial charge < -0.3 is 9.67 Å². The fourth-order valence-electron chi connectivity index (χ4n) is 3.32. The van der Waals surface area contributed by atoms with Crippen LogP contribution in [0.25, 0.3) is 16.5 Å². The zero-order valence-electron chi connectivity index (χ0n) is 12.9. The standard InChI is InChI=1S/C19H16N2O2/c1-11(2)21-15-10-6-4-8-13(15)17(19(21)23)16-12-7-3-5-9-14(12)20-18(16)22/h3-11,23H,1-2H3. The molecule has 1 aliphatic heterocycles. The van der Waals surface area contributed by atoms with E-state index in [0.29, 0.717) is 16.5 Å². The number of aromatic hydroxyl groups is 1. The molecule has 0 atom stereocenters. The van der Waals surface area contributed by atoms with E-state index in [4.69, 9.17) is 0 Å². The first kappa shape index (κ1) is 13.8. The fraction of sp³-hybridized carbons (Fsp3) is 0.158. The minimum absolute atomic E-state index is 0.0814. The molecule has 0 aliphatic carbocycles. The molecule has 1 aromatic heterocycles. The molecule has 4 heteroatoms. The smallest absolute Gasteiger partial charge is 0.279 e. The number of aromatic nitrogens is 1. The molecule has 114 valence electrons. The quantitative estimate of drug-likeness (QED) is 0.790. The van der Waals surface area contributed by atoms with Gasteiger partial charge in [0.25, 0.3) is 5.91 Å². The van der Waals surface area contributed by atoms with Crippen molar-refractivity contribution < 1.29 is 9.90 Å². The van der Waals surface area contributed by atoms with Crippen LogP contribution in [0, 0.1) is 0 Å². The van der Waals surface area contributed by atoms with Crippen LogP contribution in [0.5, 0.6) is 5.88 Å². The first-order chi connectivity index (χ1) is 11.1. The summed E-state index contributed by atoms with van der Waals surface area (Å²) in [5, 5.41) is 13.1. The summed E-state index contributed by atoms with van der Waals surface area (Å²) in [4.78, 5) is 16.6. The molecule has 2 aromatic carbocycles. The van der Waals surface area contributed by atoms with Crippen LogP contribution in [0.4, 0.5) is 0 Å². The van der Waals surface area contributed by atoms with E-state index in [0.717, 1.165) is 16.1 Å². The maximum absolute atomic E-state index is 12.5. The van der Waals surface area contributed by atoms with Crippen molar-refractivity contribution in [3.63, 3.8) is 0 Å². The van der Waals surface area contributed by atoms with Gasteiger partial charge in [-0.05, 0) is 26.0 Å². The van der Waals surface area contributed by atoms with Gasteiger partial charge in [-0.3, -0.25) is 4.79 Å². The van der Waals surface area contributed by atoms with Crippen LogP contribution in [0.3, 0.4) is 0 Å². The molecule has 4 rings (SSSR count). The van der Waals surface area contributed by atoms with Crippen molar-refractivity contribution in [1.82, 2.24) is 4.57 Å². The van der Waals surface area contributed by atoms with E-state index in [2.05, 4.69) is 4.99 Å². The number of carbonyl (C=O) groups is 1. The molecule has 4 nitrogen and oxygen atoms in total. The molecule has 1 amide bonds. The van der Waals surface area contributed by atoms with Gasteiger partial charge >= 0.3 is 0 Å². The van der Waals surface area contributed by atoms with Gasteiger partial charge in [0.1, 0.15) is 0 Å². The third-order valence-electron chi connectivity index (χ3n) is 4.26. The Hall–Kier alpha value is -2.88. The second-order valence-corrected chi connectivity index (χ2v) is 5.99. The van der Waals surface area contributed by atoms with E-state index >= 15 is 0 Å². The maximum atomic E-state index is 12.5. The van der Waals surface area contributed by atoms with Gasteiger partial charge in [-0.25, -0.2) is 4.99 Å². The molecule has 0 radical (unpaired) electrons. The monoisotopic (exact) mass is 304 g/mol. The third kappa shape index (κ3) is 1.84. The molecule has 0 fully saturated rings. The van der Waals surface area contributed by atoms with E-state index in [-0.39, 0.29) is 17.8 Å². The normalized spacial score (nSPS) is 13.7. The molecule has 0 saturated heterocycles. The number of hydrogen-bond donors (Lipinski definition) is 1. The number of nitrogens with zero attached hydrogens (tertiary/aromatic N) is 2. The van der Waals surface area contributed by atoms with Crippen LogP contribution in [0.2, 0.25) is 0 Å². The Morgan fingerprint density at radius 2 is 1.74 bits per heavy atom. The number of carbonyl (C=O) groups excluding carboxylic acids is 1. The minimum Gasteiger partial charge on any atom is -0.494 e. The topological polar surface area (TPSA) is 54.6 Å². The lowest BCUT2D eigenvalue weighted by molar-refractivity contribution is -0.112. The fourth-order valence-corrected chi connectivity index (χ4v) is 3.32. The Morgan fingerprint density at radius 1 is 1.04 bits per heavy atom. The Kier molecular flexibility index (Phi) is 2.88. The summed E-state index contributed by atoms with van der Waals surface area (Å²) in [7, 11) is 0. The highest BCUT2D eigenvalue weighted by atomic mass is 16.3. The predicted octanol–water partition coefficient (Wildman–Crippen LogP) is 2.29. The molecule has 0 spiro atoms. The van der Waals surface area contributed by atoms with Crippen molar-refractivity contribution in [3.8, 4) is 5.88 Å². The maximum Gasteiger partial charge on any atom is 0.279 e. The van der Waals surface area contributed by atoms with Crippen molar-refractivity contribution in [2.75, 3.05) is 0 Å². The number of fused-ring (bicyclic) bond motifs is 2. The number of para-hydroxylation sites is 2. The molecule has 1 aliphatic rings. The molecule has 0 bridgehead atoms. The second kappa shape index (κ2) is 4.81. The summed E-state index contributed by atoms with van der Waals surface area (Å²) in [5.41, 5.74) is 1.97. The molecular formula is C19H16N2O2. The van der Waals surface area contributed by atoms with Crippen molar-refractivity contribution in [1.29, 1.82) is 0 Å². The lowest BCUT2D eigenvalue weighted by atomic mass is 10.0. The Bertz CT molecular complexity index is 1070. The van der Waals surface area contributed by atoms with Crippen LogP contribution in [-0.4, -0.2) is 15.6 Å². The van der Waals surface area contributed by atoms with Crippen LogP contribution in [0.15, 0.2) is 53.5 Å². The summed E-state index contributed by atoms with van der Waals surface area (Å²) in [6.07, 6.45) is 0. The first-order valence-corrected chi connectivity index (χ1v) is 7.64. The van der Waals surface area contributed by atoms with Crippen LogP contribution in [0.1, 0.15) is 25.5 Å². The van der Waals surface area contributed by atoms with E-state index < -0.39 is 0 Å². The minimum atomic E-state index is -0.298. The molecule has 2 heterocycles. The van der Waals surface area contributed by atoms with E-state index in [1.807, 2.05) is 66.9 Å². The summed E-state index contributed by atoms with van der Waals surface area (Å²) >= 11 is 0. The van der Waals surface area contributed by atoms with Crippen molar-refractivity contribution in [2.45, 2.75) is 19.9 Å². The number of amides is 1. The molecule has 3 aromatic rings. The summed E-state index contributed by atoms with van der Waals surface area (Å²) in [5.74, 6) is -0.176. The number of rotatable bonds is 2. The van der Waals surface area contributed by atoms with Crippen molar-refractivity contribution in [3.05, 3.63) is 64.7 Å². The Morgan fingerprint density at radius 3 is 2.52 bits per heavy atom.